The van der Waals surface area contributed by atoms with Gasteiger partial charge in [0.15, 0.2) is 12.4 Å². The van der Waals surface area contributed by atoms with Crippen LogP contribution in [0.15, 0.2) is 57.7 Å². The normalized spacial score (nSPS) is 10.5. The molecule has 6 heteroatoms. The number of hydrogen-bond donors (Lipinski definition) is 0. The van der Waals surface area contributed by atoms with E-state index in [9.17, 15) is 4.79 Å². The topological polar surface area (TPSA) is 65.2 Å². The van der Waals surface area contributed by atoms with Crippen molar-refractivity contribution >= 4 is 21.9 Å². The summed E-state index contributed by atoms with van der Waals surface area (Å²) in [5, 5.41) is 4.00. The molecular formula is C17H13BrN2O3. The van der Waals surface area contributed by atoms with Crippen molar-refractivity contribution < 1.29 is 14.1 Å². The van der Waals surface area contributed by atoms with E-state index in [1.54, 1.807) is 18.2 Å². The molecule has 0 spiro atoms. The third-order valence-corrected chi connectivity index (χ3v) is 3.89. The van der Waals surface area contributed by atoms with Crippen molar-refractivity contribution in [3.63, 3.8) is 0 Å². The summed E-state index contributed by atoms with van der Waals surface area (Å²) in [7, 11) is 0. The number of hydrogen-bond acceptors (Lipinski definition) is 5. The van der Waals surface area contributed by atoms with Crippen LogP contribution in [-0.2, 0) is 11.3 Å². The lowest BCUT2D eigenvalue weighted by Gasteiger charge is -2.02. The Balaban J connectivity index is 1.67. The van der Waals surface area contributed by atoms with Crippen LogP contribution in [0.2, 0.25) is 0 Å². The van der Waals surface area contributed by atoms with Gasteiger partial charge in [-0.1, -0.05) is 39.3 Å². The number of nitrogens with zero attached hydrogens (tertiary/aromatic N) is 2. The molecule has 0 saturated heterocycles. The average Bonchev–Trinajstić information content (AvgIpc) is 3.02. The van der Waals surface area contributed by atoms with Gasteiger partial charge in [0.2, 0.25) is 0 Å². The largest absolute Gasteiger partial charge is 0.454 e. The molecule has 0 radical (unpaired) electrons. The summed E-state index contributed by atoms with van der Waals surface area (Å²) in [4.78, 5) is 16.0. The van der Waals surface area contributed by atoms with E-state index in [-0.39, 0.29) is 6.61 Å². The van der Waals surface area contributed by atoms with Gasteiger partial charge in [-0.15, -0.1) is 0 Å². The Kier molecular flexibility index (Phi) is 4.52. The molecule has 5 nitrogen and oxygen atoms in total. The van der Waals surface area contributed by atoms with E-state index in [0.29, 0.717) is 17.0 Å². The monoisotopic (exact) mass is 372 g/mol. The quantitative estimate of drug-likeness (QED) is 0.643. The fourth-order valence-electron chi connectivity index (χ4n) is 1.99. The minimum Gasteiger partial charge on any atom is -0.454 e. The summed E-state index contributed by atoms with van der Waals surface area (Å²) >= 11 is 3.47. The third-order valence-electron chi connectivity index (χ3n) is 3.20. The van der Waals surface area contributed by atoms with Crippen LogP contribution in [0.3, 0.4) is 0 Å². The van der Waals surface area contributed by atoms with Gasteiger partial charge in [0.25, 0.3) is 0 Å². The Morgan fingerprint density at radius 1 is 1.26 bits per heavy atom. The van der Waals surface area contributed by atoms with E-state index in [1.165, 1.54) is 6.20 Å². The minimum absolute atomic E-state index is 0.0180. The summed E-state index contributed by atoms with van der Waals surface area (Å²) in [5.41, 5.74) is 2.84. The molecule has 0 bridgehead atoms. The van der Waals surface area contributed by atoms with Crippen LogP contribution in [0.5, 0.6) is 0 Å². The number of benzene rings is 1. The average molecular weight is 373 g/mol. The number of ether oxygens (including phenoxy) is 1. The zero-order chi connectivity index (χ0) is 16.2. The second-order valence-corrected chi connectivity index (χ2v) is 5.78. The number of esters is 1. The summed E-state index contributed by atoms with van der Waals surface area (Å²) in [5.74, 6) is 0.0283. The number of rotatable bonds is 4. The number of aryl methyl sites for hydroxylation is 1. The van der Waals surface area contributed by atoms with Crippen LogP contribution in [-0.4, -0.2) is 16.1 Å². The van der Waals surface area contributed by atoms with Crippen LogP contribution < -0.4 is 0 Å². The van der Waals surface area contributed by atoms with Gasteiger partial charge in [0, 0.05) is 28.0 Å². The highest BCUT2D eigenvalue weighted by atomic mass is 79.9. The van der Waals surface area contributed by atoms with Crippen LogP contribution >= 0.6 is 15.9 Å². The number of carbonyl (C=O) groups is 1. The zero-order valence-corrected chi connectivity index (χ0v) is 13.9. The fraction of sp³-hybridized carbons (Fsp3) is 0.118. The predicted molar refractivity (Wildman–Crippen MR) is 87.7 cm³/mol. The highest BCUT2D eigenvalue weighted by Crippen LogP contribution is 2.27. The van der Waals surface area contributed by atoms with Gasteiger partial charge >= 0.3 is 5.97 Å². The minimum atomic E-state index is -0.448. The number of halogens is 1. The molecule has 0 unspecified atom stereocenters. The van der Waals surface area contributed by atoms with E-state index < -0.39 is 5.97 Å². The molecule has 2 heterocycles. The Hall–Kier alpha value is -2.47. The summed E-state index contributed by atoms with van der Waals surface area (Å²) in [6.07, 6.45) is 1.49. The summed E-state index contributed by atoms with van der Waals surface area (Å²) in [6.45, 7) is 1.87. The van der Waals surface area contributed by atoms with Crippen molar-refractivity contribution in [3.05, 3.63) is 70.2 Å². The predicted octanol–water partition coefficient (Wildman–Crippen LogP) is 4.16. The number of pyridine rings is 1. The first-order valence-corrected chi connectivity index (χ1v) is 7.73. The molecule has 2 aromatic heterocycles. The first-order chi connectivity index (χ1) is 11.1. The second-order valence-electron chi connectivity index (χ2n) is 4.92. The Labute approximate surface area is 141 Å². The smallest absolute Gasteiger partial charge is 0.340 e. The Morgan fingerprint density at radius 3 is 2.83 bits per heavy atom. The van der Waals surface area contributed by atoms with Gasteiger partial charge in [0.1, 0.15) is 5.69 Å². The first kappa shape index (κ1) is 15.4. The van der Waals surface area contributed by atoms with Gasteiger partial charge in [-0.3, -0.25) is 4.98 Å². The van der Waals surface area contributed by atoms with Crippen LogP contribution in [0.1, 0.15) is 21.8 Å². The van der Waals surface area contributed by atoms with Gasteiger partial charge in [-0.2, -0.15) is 0 Å². The fourth-order valence-corrected chi connectivity index (χ4v) is 2.47. The Morgan fingerprint density at radius 2 is 2.09 bits per heavy atom. The van der Waals surface area contributed by atoms with E-state index in [0.717, 1.165) is 15.7 Å². The van der Waals surface area contributed by atoms with Gasteiger partial charge in [0.05, 0.1) is 5.56 Å². The van der Waals surface area contributed by atoms with Crippen molar-refractivity contribution in [2.24, 2.45) is 0 Å². The second kappa shape index (κ2) is 6.75. The lowest BCUT2D eigenvalue weighted by molar-refractivity contribution is 0.0437. The zero-order valence-electron chi connectivity index (χ0n) is 12.3. The molecule has 0 fully saturated rings. The van der Waals surface area contributed by atoms with Crippen LogP contribution in [0, 0.1) is 6.92 Å². The maximum absolute atomic E-state index is 11.9. The van der Waals surface area contributed by atoms with Crippen molar-refractivity contribution in [1.29, 1.82) is 0 Å². The van der Waals surface area contributed by atoms with E-state index in [2.05, 4.69) is 26.1 Å². The lowest BCUT2D eigenvalue weighted by Crippen LogP contribution is -2.05. The standard InChI is InChI=1S/C17H13BrN2O3/c1-11-6-7-12(9-19-11)17(21)22-10-13-8-16(20-23-13)14-4-2-3-5-15(14)18/h2-9H,10H2,1H3. The van der Waals surface area contributed by atoms with E-state index in [4.69, 9.17) is 9.26 Å². The molecule has 3 aromatic rings. The van der Waals surface area contributed by atoms with Crippen molar-refractivity contribution in [3.8, 4) is 11.3 Å². The molecule has 23 heavy (non-hydrogen) atoms. The van der Waals surface area contributed by atoms with E-state index in [1.807, 2.05) is 31.2 Å². The molecule has 0 aliphatic rings. The SMILES string of the molecule is Cc1ccc(C(=O)OCc2cc(-c3ccccc3Br)no2)cn1. The maximum atomic E-state index is 11.9. The Bertz CT molecular complexity index is 828. The van der Waals surface area contributed by atoms with E-state index >= 15 is 0 Å². The lowest BCUT2D eigenvalue weighted by atomic mass is 10.1. The maximum Gasteiger partial charge on any atom is 0.340 e. The molecule has 1 aromatic carbocycles. The molecule has 0 aliphatic heterocycles. The molecular weight excluding hydrogens is 360 g/mol. The molecule has 0 N–H and O–H groups in total. The first-order valence-electron chi connectivity index (χ1n) is 6.94. The third kappa shape index (κ3) is 3.65. The van der Waals surface area contributed by atoms with Crippen molar-refractivity contribution in [1.82, 2.24) is 10.1 Å². The highest BCUT2D eigenvalue weighted by molar-refractivity contribution is 9.10. The molecule has 3 rings (SSSR count). The highest BCUT2D eigenvalue weighted by Gasteiger charge is 2.12. The molecule has 0 amide bonds. The van der Waals surface area contributed by atoms with Crippen molar-refractivity contribution in [2.75, 3.05) is 0 Å². The molecule has 116 valence electrons. The number of carbonyl (C=O) groups excluding carboxylic acids is 1. The van der Waals surface area contributed by atoms with Crippen molar-refractivity contribution in [2.45, 2.75) is 13.5 Å². The summed E-state index contributed by atoms with van der Waals surface area (Å²) in [6, 6.07) is 12.9. The molecule has 0 atom stereocenters. The van der Waals surface area contributed by atoms with Gasteiger partial charge < -0.3 is 9.26 Å². The van der Waals surface area contributed by atoms with Gasteiger partial charge in [-0.05, 0) is 25.1 Å². The summed E-state index contributed by atoms with van der Waals surface area (Å²) < 4.78 is 11.3. The number of aromatic nitrogens is 2. The molecule has 0 saturated carbocycles. The van der Waals surface area contributed by atoms with Crippen LogP contribution in [0.4, 0.5) is 0 Å². The van der Waals surface area contributed by atoms with Crippen LogP contribution in [0.25, 0.3) is 11.3 Å². The molecule has 0 aliphatic carbocycles. The van der Waals surface area contributed by atoms with Gasteiger partial charge in [-0.25, -0.2) is 4.79 Å².